The van der Waals surface area contributed by atoms with Crippen LogP contribution < -0.4 is 0 Å². The van der Waals surface area contributed by atoms with Crippen LogP contribution in [0.3, 0.4) is 0 Å². The molecule has 148 valence electrons. The summed E-state index contributed by atoms with van der Waals surface area (Å²) in [5, 5.41) is 9.83. The van der Waals surface area contributed by atoms with Crippen LogP contribution in [-0.2, 0) is 6.54 Å². The molecule has 3 aromatic rings. The molecule has 2 heterocycles. The highest BCUT2D eigenvalue weighted by atomic mass is 16.3. The van der Waals surface area contributed by atoms with Gasteiger partial charge in [0.1, 0.15) is 5.69 Å². The number of carbonyl (C=O) groups excluding carboxylic acids is 2. The van der Waals surface area contributed by atoms with E-state index in [0.29, 0.717) is 12.0 Å². The quantitative estimate of drug-likeness (QED) is 0.599. The molecular formula is C23H23N3O3. The molecule has 1 amide bonds. The van der Waals surface area contributed by atoms with Crippen molar-refractivity contribution in [2.45, 2.75) is 25.9 Å². The fourth-order valence-electron chi connectivity index (χ4n) is 3.14. The molecule has 0 saturated carbocycles. The first-order valence-electron chi connectivity index (χ1n) is 9.51. The van der Waals surface area contributed by atoms with Crippen LogP contribution in [0, 0.1) is 0 Å². The van der Waals surface area contributed by atoms with Crippen LogP contribution in [-0.4, -0.2) is 44.3 Å². The molecule has 1 unspecified atom stereocenters. The summed E-state index contributed by atoms with van der Waals surface area (Å²) in [6, 6.07) is 15.3. The van der Waals surface area contributed by atoms with E-state index in [9.17, 15) is 14.7 Å². The monoisotopic (exact) mass is 389 g/mol. The molecule has 29 heavy (non-hydrogen) atoms. The van der Waals surface area contributed by atoms with Crippen molar-refractivity contribution in [1.82, 2.24) is 14.9 Å². The van der Waals surface area contributed by atoms with Crippen LogP contribution in [0.5, 0.6) is 0 Å². The maximum absolute atomic E-state index is 13.4. The van der Waals surface area contributed by atoms with Gasteiger partial charge in [-0.2, -0.15) is 0 Å². The zero-order chi connectivity index (χ0) is 20.6. The summed E-state index contributed by atoms with van der Waals surface area (Å²) >= 11 is 0. The van der Waals surface area contributed by atoms with E-state index in [1.165, 1.54) is 6.20 Å². The van der Waals surface area contributed by atoms with Crippen molar-refractivity contribution in [2.24, 2.45) is 0 Å². The third-order valence-corrected chi connectivity index (χ3v) is 4.75. The molecule has 6 nitrogen and oxygen atoms in total. The fraction of sp³-hybridized carbons (Fsp3) is 0.217. The highest BCUT2D eigenvalue weighted by molar-refractivity contribution is 6.14. The predicted molar refractivity (Wildman–Crippen MR) is 109 cm³/mol. The van der Waals surface area contributed by atoms with Crippen LogP contribution >= 0.6 is 0 Å². The normalized spacial score (nSPS) is 11.7. The topological polar surface area (TPSA) is 83.4 Å². The fourth-order valence-corrected chi connectivity index (χ4v) is 3.14. The van der Waals surface area contributed by atoms with Gasteiger partial charge < -0.3 is 10.0 Å². The van der Waals surface area contributed by atoms with Crippen molar-refractivity contribution in [3.05, 3.63) is 95.6 Å². The highest BCUT2D eigenvalue weighted by Crippen LogP contribution is 2.19. The van der Waals surface area contributed by atoms with Crippen molar-refractivity contribution in [2.75, 3.05) is 6.61 Å². The molecule has 0 spiro atoms. The van der Waals surface area contributed by atoms with Crippen molar-refractivity contribution in [1.29, 1.82) is 0 Å². The lowest BCUT2D eigenvalue weighted by molar-refractivity contribution is 0.0555. The predicted octanol–water partition coefficient (Wildman–Crippen LogP) is 3.12. The Kier molecular flexibility index (Phi) is 6.81. The second-order valence-corrected chi connectivity index (χ2v) is 6.63. The first kappa shape index (κ1) is 20.4. The molecule has 3 rings (SSSR count). The maximum Gasteiger partial charge on any atom is 0.273 e. The minimum atomic E-state index is -0.399. The smallest absolute Gasteiger partial charge is 0.273 e. The largest absolute Gasteiger partial charge is 0.394 e. The third kappa shape index (κ3) is 4.73. The Morgan fingerprint density at radius 1 is 1.03 bits per heavy atom. The van der Waals surface area contributed by atoms with Gasteiger partial charge in [-0.05, 0) is 30.2 Å². The number of pyridine rings is 2. The second-order valence-electron chi connectivity index (χ2n) is 6.63. The molecule has 0 aliphatic rings. The zero-order valence-electron chi connectivity index (χ0n) is 16.2. The number of hydrogen-bond acceptors (Lipinski definition) is 5. The van der Waals surface area contributed by atoms with E-state index < -0.39 is 11.9 Å². The summed E-state index contributed by atoms with van der Waals surface area (Å²) in [7, 11) is 0. The zero-order valence-corrected chi connectivity index (χ0v) is 16.2. The Morgan fingerprint density at radius 3 is 2.45 bits per heavy atom. The summed E-state index contributed by atoms with van der Waals surface area (Å²) in [5.41, 5.74) is 1.65. The molecule has 6 heteroatoms. The van der Waals surface area contributed by atoms with E-state index >= 15 is 0 Å². The molecule has 0 bridgehead atoms. The van der Waals surface area contributed by atoms with Crippen molar-refractivity contribution in [3.63, 3.8) is 0 Å². The summed E-state index contributed by atoms with van der Waals surface area (Å²) in [5.74, 6) is -0.657. The number of amides is 1. The van der Waals surface area contributed by atoms with Gasteiger partial charge in [0.05, 0.1) is 18.2 Å². The minimum absolute atomic E-state index is 0.0807. The maximum atomic E-state index is 13.4. The van der Waals surface area contributed by atoms with Crippen molar-refractivity contribution < 1.29 is 14.7 Å². The Bertz CT molecular complexity index is 957. The molecule has 0 aliphatic heterocycles. The first-order chi connectivity index (χ1) is 14.2. The molecular weight excluding hydrogens is 366 g/mol. The van der Waals surface area contributed by atoms with Crippen LogP contribution in [0.4, 0.5) is 0 Å². The van der Waals surface area contributed by atoms with Gasteiger partial charge >= 0.3 is 0 Å². The Balaban J connectivity index is 1.99. The number of ketones is 1. The Labute approximate surface area is 169 Å². The second kappa shape index (κ2) is 9.71. The lowest BCUT2D eigenvalue weighted by Crippen LogP contribution is -2.42. The van der Waals surface area contributed by atoms with E-state index in [1.807, 2.05) is 19.1 Å². The van der Waals surface area contributed by atoms with E-state index in [2.05, 4.69) is 9.97 Å². The van der Waals surface area contributed by atoms with Crippen molar-refractivity contribution in [3.8, 4) is 0 Å². The summed E-state index contributed by atoms with van der Waals surface area (Å²) in [6.45, 7) is 1.98. The lowest BCUT2D eigenvalue weighted by atomic mass is 10.0. The molecule has 2 aromatic heterocycles. The summed E-state index contributed by atoms with van der Waals surface area (Å²) < 4.78 is 0. The summed E-state index contributed by atoms with van der Waals surface area (Å²) in [4.78, 5) is 36.3. The van der Waals surface area contributed by atoms with Gasteiger partial charge in [-0.3, -0.25) is 19.6 Å². The van der Waals surface area contributed by atoms with Crippen LogP contribution in [0.1, 0.15) is 45.3 Å². The van der Waals surface area contributed by atoms with Gasteiger partial charge in [0.15, 0.2) is 5.78 Å². The molecule has 1 aromatic carbocycles. The first-order valence-corrected chi connectivity index (χ1v) is 9.51. The number of rotatable bonds is 8. The van der Waals surface area contributed by atoms with Crippen LogP contribution in [0.2, 0.25) is 0 Å². The average Bonchev–Trinajstić information content (AvgIpc) is 2.79. The van der Waals surface area contributed by atoms with Gasteiger partial charge in [-0.25, -0.2) is 0 Å². The Hall–Kier alpha value is -3.38. The number of aromatic nitrogens is 2. The van der Waals surface area contributed by atoms with Gasteiger partial charge in [-0.15, -0.1) is 0 Å². The minimum Gasteiger partial charge on any atom is -0.394 e. The SMILES string of the molecule is CCC(CO)N(Cc1cccnc1)C(=O)c1ncccc1C(=O)c1ccccc1. The molecule has 1 N–H and O–H groups in total. The summed E-state index contributed by atoms with van der Waals surface area (Å²) in [6.07, 6.45) is 5.40. The van der Waals surface area contributed by atoms with E-state index in [-0.39, 0.29) is 30.2 Å². The van der Waals surface area contributed by atoms with Gasteiger partial charge in [0.25, 0.3) is 5.91 Å². The third-order valence-electron chi connectivity index (χ3n) is 4.75. The van der Waals surface area contributed by atoms with Crippen molar-refractivity contribution >= 4 is 11.7 Å². The lowest BCUT2D eigenvalue weighted by Gasteiger charge is -2.30. The average molecular weight is 389 g/mol. The molecule has 1 atom stereocenters. The van der Waals surface area contributed by atoms with E-state index in [1.54, 1.807) is 59.8 Å². The molecule has 0 aliphatic carbocycles. The van der Waals surface area contributed by atoms with Crippen LogP contribution in [0.25, 0.3) is 0 Å². The van der Waals surface area contributed by atoms with Gasteiger partial charge in [0.2, 0.25) is 0 Å². The van der Waals surface area contributed by atoms with E-state index in [0.717, 1.165) is 5.56 Å². The highest BCUT2D eigenvalue weighted by Gasteiger charge is 2.28. The van der Waals surface area contributed by atoms with E-state index in [4.69, 9.17) is 0 Å². The number of aliphatic hydroxyl groups excluding tert-OH is 1. The van der Waals surface area contributed by atoms with Gasteiger partial charge in [0, 0.05) is 30.7 Å². The molecule has 0 radical (unpaired) electrons. The number of aliphatic hydroxyl groups is 1. The number of hydrogen-bond donors (Lipinski definition) is 1. The number of nitrogens with zero attached hydrogens (tertiary/aromatic N) is 3. The Morgan fingerprint density at radius 2 is 1.79 bits per heavy atom. The number of carbonyl (C=O) groups is 2. The standard InChI is InChI=1S/C23H23N3O3/c1-2-19(16-27)26(15-17-8-6-12-24-14-17)23(29)21-20(11-7-13-25-21)22(28)18-9-4-3-5-10-18/h3-14,19,27H,2,15-16H2,1H3. The van der Waals surface area contributed by atoms with Crippen LogP contribution in [0.15, 0.2) is 73.2 Å². The molecule has 0 saturated heterocycles. The van der Waals surface area contributed by atoms with Gasteiger partial charge in [-0.1, -0.05) is 43.3 Å². The molecule has 0 fully saturated rings. The number of benzene rings is 1.